The van der Waals surface area contributed by atoms with Gasteiger partial charge in [-0.15, -0.1) is 0 Å². The summed E-state index contributed by atoms with van der Waals surface area (Å²) >= 11 is 0. The average molecular weight is 256 g/mol. The van der Waals surface area contributed by atoms with Crippen LogP contribution in [-0.2, 0) is 4.74 Å². The van der Waals surface area contributed by atoms with Crippen molar-refractivity contribution in [3.05, 3.63) is 35.4 Å². The van der Waals surface area contributed by atoms with Gasteiger partial charge in [-0.1, -0.05) is 18.9 Å². The number of halogens is 2. The maximum absolute atomic E-state index is 13.7. The zero-order valence-corrected chi connectivity index (χ0v) is 10.5. The molecule has 2 nitrogen and oxygen atoms in total. The first-order valence-electron chi connectivity index (χ1n) is 6.36. The molecular formula is C14H18F2O2. The Bertz CT molecular complexity index is 414. The van der Waals surface area contributed by atoms with Gasteiger partial charge in [-0.3, -0.25) is 0 Å². The molecule has 1 aromatic carbocycles. The number of benzene rings is 1. The van der Waals surface area contributed by atoms with E-state index in [1.165, 1.54) is 6.07 Å². The third kappa shape index (κ3) is 2.40. The van der Waals surface area contributed by atoms with E-state index >= 15 is 0 Å². The summed E-state index contributed by atoms with van der Waals surface area (Å²) in [5.41, 5.74) is -0.598. The molecule has 18 heavy (non-hydrogen) atoms. The topological polar surface area (TPSA) is 29.5 Å². The Labute approximate surface area is 106 Å². The van der Waals surface area contributed by atoms with Crippen LogP contribution in [0.15, 0.2) is 18.2 Å². The van der Waals surface area contributed by atoms with Crippen LogP contribution in [0.3, 0.4) is 0 Å². The molecule has 1 N–H and O–H groups in total. The Hall–Kier alpha value is -1.00. The number of aliphatic hydroxyl groups excluding tert-OH is 1. The summed E-state index contributed by atoms with van der Waals surface area (Å²) in [5, 5.41) is 10.4. The third-order valence-electron chi connectivity index (χ3n) is 3.64. The summed E-state index contributed by atoms with van der Waals surface area (Å²) in [6.07, 6.45) is 2.29. The molecule has 0 spiro atoms. The Morgan fingerprint density at radius 1 is 1.33 bits per heavy atom. The van der Waals surface area contributed by atoms with Gasteiger partial charge in [-0.2, -0.15) is 0 Å². The Morgan fingerprint density at radius 3 is 2.56 bits per heavy atom. The van der Waals surface area contributed by atoms with Crippen LogP contribution in [0.1, 0.15) is 44.3 Å². The van der Waals surface area contributed by atoms with E-state index in [9.17, 15) is 13.9 Å². The van der Waals surface area contributed by atoms with E-state index in [2.05, 4.69) is 0 Å². The first kappa shape index (κ1) is 13.4. The van der Waals surface area contributed by atoms with Gasteiger partial charge in [0.1, 0.15) is 17.7 Å². The smallest absolute Gasteiger partial charge is 0.132 e. The predicted octanol–water partition coefficient (Wildman–Crippen LogP) is 3.35. The lowest BCUT2D eigenvalue weighted by atomic mass is 9.89. The van der Waals surface area contributed by atoms with Crippen molar-refractivity contribution in [1.82, 2.24) is 0 Å². The van der Waals surface area contributed by atoms with E-state index in [1.54, 1.807) is 0 Å². The van der Waals surface area contributed by atoms with Crippen LogP contribution in [0, 0.1) is 11.6 Å². The van der Waals surface area contributed by atoms with Gasteiger partial charge in [-0.25, -0.2) is 8.78 Å². The fourth-order valence-electron chi connectivity index (χ4n) is 2.76. The molecule has 0 bridgehead atoms. The molecule has 4 heteroatoms. The van der Waals surface area contributed by atoms with Gasteiger partial charge in [0.05, 0.1) is 5.60 Å². The maximum atomic E-state index is 13.7. The van der Waals surface area contributed by atoms with Crippen molar-refractivity contribution in [2.24, 2.45) is 0 Å². The second kappa shape index (κ2) is 5.33. The van der Waals surface area contributed by atoms with Gasteiger partial charge in [0, 0.05) is 18.2 Å². The van der Waals surface area contributed by atoms with Crippen LogP contribution in [0.25, 0.3) is 0 Å². The lowest BCUT2D eigenvalue weighted by molar-refractivity contribution is -0.119. The van der Waals surface area contributed by atoms with Crippen LogP contribution in [0.2, 0.25) is 0 Å². The van der Waals surface area contributed by atoms with Gasteiger partial charge >= 0.3 is 0 Å². The number of aliphatic hydroxyl groups is 1. The lowest BCUT2D eigenvalue weighted by Crippen LogP contribution is -2.37. The molecule has 0 saturated heterocycles. The van der Waals surface area contributed by atoms with Crippen molar-refractivity contribution in [1.29, 1.82) is 0 Å². The zero-order valence-electron chi connectivity index (χ0n) is 10.5. The molecule has 0 heterocycles. The number of rotatable bonds is 4. The normalized spacial score (nSPS) is 20.0. The first-order chi connectivity index (χ1) is 8.59. The average Bonchev–Trinajstić information content (AvgIpc) is 2.78. The van der Waals surface area contributed by atoms with E-state index in [-0.39, 0.29) is 5.56 Å². The van der Waals surface area contributed by atoms with E-state index in [0.29, 0.717) is 19.4 Å². The van der Waals surface area contributed by atoms with Crippen LogP contribution < -0.4 is 0 Å². The molecule has 0 radical (unpaired) electrons. The summed E-state index contributed by atoms with van der Waals surface area (Å²) in [7, 11) is 0. The molecule has 1 aliphatic carbocycles. The molecule has 100 valence electrons. The van der Waals surface area contributed by atoms with Crippen molar-refractivity contribution in [2.45, 2.75) is 44.3 Å². The Morgan fingerprint density at radius 2 is 2.00 bits per heavy atom. The standard InChI is InChI=1S/C14H18F2O2/c1-2-18-14(7-3-4-8-14)13(17)11-6-5-10(15)9-12(11)16/h5-6,9,13,17H,2-4,7-8H2,1H3. The summed E-state index contributed by atoms with van der Waals surface area (Å²) in [5.74, 6) is -1.35. The van der Waals surface area contributed by atoms with E-state index in [0.717, 1.165) is 25.0 Å². The molecular weight excluding hydrogens is 238 g/mol. The number of hydrogen-bond acceptors (Lipinski definition) is 2. The van der Waals surface area contributed by atoms with Crippen molar-refractivity contribution < 1.29 is 18.6 Å². The highest BCUT2D eigenvalue weighted by molar-refractivity contribution is 5.24. The lowest BCUT2D eigenvalue weighted by Gasteiger charge is -2.34. The van der Waals surface area contributed by atoms with Crippen molar-refractivity contribution in [2.75, 3.05) is 6.61 Å². The fourth-order valence-corrected chi connectivity index (χ4v) is 2.76. The molecule has 0 amide bonds. The van der Waals surface area contributed by atoms with Gasteiger partial charge in [0.15, 0.2) is 0 Å². The molecule has 1 aromatic rings. The minimum Gasteiger partial charge on any atom is -0.385 e. The first-order valence-corrected chi connectivity index (χ1v) is 6.36. The SMILES string of the molecule is CCOC1(C(O)c2ccc(F)cc2F)CCCC1. The van der Waals surface area contributed by atoms with Gasteiger partial charge in [0.25, 0.3) is 0 Å². The minimum atomic E-state index is -1.04. The second-order valence-corrected chi connectivity index (χ2v) is 4.77. The second-order valence-electron chi connectivity index (χ2n) is 4.77. The zero-order chi connectivity index (χ0) is 13.2. The minimum absolute atomic E-state index is 0.117. The van der Waals surface area contributed by atoms with Gasteiger partial charge in [-0.05, 0) is 25.8 Å². The third-order valence-corrected chi connectivity index (χ3v) is 3.64. The highest BCUT2D eigenvalue weighted by atomic mass is 19.1. The molecule has 1 aliphatic rings. The fraction of sp³-hybridized carbons (Fsp3) is 0.571. The molecule has 1 unspecified atom stereocenters. The van der Waals surface area contributed by atoms with Crippen LogP contribution in [-0.4, -0.2) is 17.3 Å². The molecule has 1 atom stereocenters. The summed E-state index contributed by atoms with van der Waals surface area (Å²) in [6.45, 7) is 2.33. The highest BCUT2D eigenvalue weighted by Gasteiger charge is 2.43. The number of hydrogen-bond donors (Lipinski definition) is 1. The van der Waals surface area contributed by atoms with Crippen molar-refractivity contribution in [3.63, 3.8) is 0 Å². The van der Waals surface area contributed by atoms with E-state index < -0.39 is 23.3 Å². The van der Waals surface area contributed by atoms with Crippen molar-refractivity contribution in [3.8, 4) is 0 Å². The van der Waals surface area contributed by atoms with E-state index in [4.69, 9.17) is 4.74 Å². The number of ether oxygens (including phenoxy) is 1. The monoisotopic (exact) mass is 256 g/mol. The van der Waals surface area contributed by atoms with Crippen LogP contribution in [0.4, 0.5) is 8.78 Å². The molecule has 2 rings (SSSR count). The van der Waals surface area contributed by atoms with Gasteiger partial charge < -0.3 is 9.84 Å². The molecule has 0 aromatic heterocycles. The predicted molar refractivity (Wildman–Crippen MR) is 64.1 cm³/mol. The van der Waals surface area contributed by atoms with E-state index in [1.807, 2.05) is 6.92 Å². The maximum Gasteiger partial charge on any atom is 0.132 e. The van der Waals surface area contributed by atoms with Crippen LogP contribution >= 0.6 is 0 Å². The molecule has 1 saturated carbocycles. The quantitative estimate of drug-likeness (QED) is 0.895. The van der Waals surface area contributed by atoms with Crippen LogP contribution in [0.5, 0.6) is 0 Å². The van der Waals surface area contributed by atoms with Crippen molar-refractivity contribution >= 4 is 0 Å². The molecule has 1 fully saturated rings. The Kier molecular flexibility index (Phi) is 3.97. The summed E-state index contributed by atoms with van der Waals surface area (Å²) in [4.78, 5) is 0. The summed E-state index contributed by atoms with van der Waals surface area (Å²) < 4.78 is 32.3. The van der Waals surface area contributed by atoms with Gasteiger partial charge in [0.2, 0.25) is 0 Å². The Balaban J connectivity index is 2.30. The molecule has 0 aliphatic heterocycles. The highest BCUT2D eigenvalue weighted by Crippen LogP contribution is 2.43. The summed E-state index contributed by atoms with van der Waals surface area (Å²) in [6, 6.07) is 3.26. The largest absolute Gasteiger partial charge is 0.385 e.